The number of fused-ring (bicyclic) bond motifs is 1. The summed E-state index contributed by atoms with van der Waals surface area (Å²) in [6.07, 6.45) is 0.872. The molecule has 2 aromatic rings. The van der Waals surface area contributed by atoms with Crippen molar-refractivity contribution in [2.45, 2.75) is 19.6 Å². The Hall–Kier alpha value is -2.53. The van der Waals surface area contributed by atoms with E-state index in [4.69, 9.17) is 14.2 Å². The largest absolute Gasteiger partial charge is 0.490 e. The predicted octanol–water partition coefficient (Wildman–Crippen LogP) is 2.92. The van der Waals surface area contributed by atoms with Crippen LogP contribution in [0.4, 0.5) is 0 Å². The molecule has 0 unspecified atom stereocenters. The summed E-state index contributed by atoms with van der Waals surface area (Å²) in [7, 11) is 1.62. The summed E-state index contributed by atoms with van der Waals surface area (Å²) in [4.78, 5) is 12.4. The van der Waals surface area contributed by atoms with E-state index in [9.17, 15) is 4.79 Å². The van der Waals surface area contributed by atoms with Crippen LogP contribution >= 0.6 is 0 Å². The number of benzene rings is 2. The van der Waals surface area contributed by atoms with Gasteiger partial charge in [-0.05, 0) is 29.3 Å². The summed E-state index contributed by atoms with van der Waals surface area (Å²) in [6.45, 7) is 2.15. The average molecular weight is 327 g/mol. The maximum absolute atomic E-state index is 12.4. The fourth-order valence-electron chi connectivity index (χ4n) is 2.62. The molecule has 0 fully saturated rings. The van der Waals surface area contributed by atoms with E-state index in [1.807, 2.05) is 36.4 Å². The Morgan fingerprint density at radius 2 is 1.92 bits per heavy atom. The van der Waals surface area contributed by atoms with Gasteiger partial charge in [0.2, 0.25) is 0 Å². The van der Waals surface area contributed by atoms with Gasteiger partial charge >= 0.3 is 0 Å². The lowest BCUT2D eigenvalue weighted by atomic mass is 10.1. The SMILES string of the molecule is COCc1ccccc1C(=O)NCc1ccc2c(c1)OCCCO2. The summed E-state index contributed by atoms with van der Waals surface area (Å²) in [5, 5.41) is 2.95. The van der Waals surface area contributed by atoms with Gasteiger partial charge < -0.3 is 19.5 Å². The molecule has 0 bridgehead atoms. The number of hydrogen-bond donors (Lipinski definition) is 1. The highest BCUT2D eigenvalue weighted by molar-refractivity contribution is 5.95. The maximum Gasteiger partial charge on any atom is 0.251 e. The Labute approximate surface area is 141 Å². The Morgan fingerprint density at radius 3 is 2.75 bits per heavy atom. The second-order valence-corrected chi connectivity index (χ2v) is 5.60. The van der Waals surface area contributed by atoms with Crippen LogP contribution < -0.4 is 14.8 Å². The molecule has 0 saturated heterocycles. The maximum atomic E-state index is 12.4. The highest BCUT2D eigenvalue weighted by Crippen LogP contribution is 2.30. The van der Waals surface area contributed by atoms with E-state index in [0.29, 0.717) is 31.9 Å². The summed E-state index contributed by atoms with van der Waals surface area (Å²) in [5.41, 5.74) is 2.47. The quantitative estimate of drug-likeness (QED) is 0.917. The Balaban J connectivity index is 1.67. The zero-order chi connectivity index (χ0) is 16.8. The first-order chi connectivity index (χ1) is 11.8. The lowest BCUT2D eigenvalue weighted by molar-refractivity contribution is 0.0946. The fraction of sp³-hybridized carbons (Fsp3) is 0.316. The second-order valence-electron chi connectivity index (χ2n) is 5.60. The van der Waals surface area contributed by atoms with E-state index < -0.39 is 0 Å². The zero-order valence-corrected chi connectivity index (χ0v) is 13.7. The molecule has 1 heterocycles. The molecule has 5 nitrogen and oxygen atoms in total. The Bertz CT molecular complexity index is 714. The van der Waals surface area contributed by atoms with Gasteiger partial charge in [-0.15, -0.1) is 0 Å². The van der Waals surface area contributed by atoms with E-state index in [2.05, 4.69) is 5.32 Å². The van der Waals surface area contributed by atoms with Crippen LogP contribution in [0.5, 0.6) is 11.5 Å². The first-order valence-electron chi connectivity index (χ1n) is 8.01. The smallest absolute Gasteiger partial charge is 0.251 e. The van der Waals surface area contributed by atoms with Gasteiger partial charge in [0.15, 0.2) is 11.5 Å². The van der Waals surface area contributed by atoms with Crippen molar-refractivity contribution in [2.24, 2.45) is 0 Å². The molecule has 0 radical (unpaired) electrons. The third-order valence-corrected chi connectivity index (χ3v) is 3.83. The monoisotopic (exact) mass is 327 g/mol. The second kappa shape index (κ2) is 7.84. The molecule has 0 aromatic heterocycles. The van der Waals surface area contributed by atoms with E-state index in [1.54, 1.807) is 13.2 Å². The van der Waals surface area contributed by atoms with Crippen molar-refractivity contribution in [3.05, 3.63) is 59.2 Å². The molecule has 24 heavy (non-hydrogen) atoms. The van der Waals surface area contributed by atoms with Crippen molar-refractivity contribution in [3.8, 4) is 11.5 Å². The fourth-order valence-corrected chi connectivity index (χ4v) is 2.62. The number of methoxy groups -OCH3 is 1. The molecule has 5 heteroatoms. The molecular formula is C19H21NO4. The molecule has 3 rings (SSSR count). The number of carbonyl (C=O) groups excluding carboxylic acids is 1. The average Bonchev–Trinajstić information content (AvgIpc) is 2.85. The van der Waals surface area contributed by atoms with Crippen LogP contribution in [0.25, 0.3) is 0 Å². The minimum atomic E-state index is -0.116. The number of hydrogen-bond acceptors (Lipinski definition) is 4. The van der Waals surface area contributed by atoms with Crippen molar-refractivity contribution >= 4 is 5.91 Å². The molecular weight excluding hydrogens is 306 g/mol. The molecule has 0 aliphatic carbocycles. The number of rotatable bonds is 5. The van der Waals surface area contributed by atoms with Gasteiger partial charge in [0.1, 0.15) is 0 Å². The molecule has 126 valence electrons. The topological polar surface area (TPSA) is 56.8 Å². The normalized spacial score (nSPS) is 13.2. The standard InChI is InChI=1S/C19H21NO4/c1-22-13-15-5-2-3-6-16(15)19(21)20-12-14-7-8-17-18(11-14)24-10-4-9-23-17/h2-3,5-8,11H,4,9-10,12-13H2,1H3,(H,20,21). The van der Waals surface area contributed by atoms with Gasteiger partial charge in [0, 0.05) is 25.6 Å². The molecule has 0 atom stereocenters. The minimum Gasteiger partial charge on any atom is -0.490 e. The molecule has 2 aromatic carbocycles. The summed E-state index contributed by atoms with van der Waals surface area (Å²) in [5.74, 6) is 1.38. The Morgan fingerprint density at radius 1 is 1.12 bits per heavy atom. The molecule has 1 aliphatic heterocycles. The highest BCUT2D eigenvalue weighted by Gasteiger charge is 2.13. The van der Waals surface area contributed by atoms with Crippen LogP contribution in [-0.2, 0) is 17.9 Å². The number of carbonyl (C=O) groups is 1. The van der Waals surface area contributed by atoms with Gasteiger partial charge in [-0.3, -0.25) is 4.79 Å². The van der Waals surface area contributed by atoms with Crippen molar-refractivity contribution < 1.29 is 19.0 Å². The minimum absolute atomic E-state index is 0.116. The van der Waals surface area contributed by atoms with E-state index in [1.165, 1.54) is 0 Å². The summed E-state index contributed by atoms with van der Waals surface area (Å²) < 4.78 is 16.4. The molecule has 1 aliphatic rings. The van der Waals surface area contributed by atoms with Crippen LogP contribution in [0.15, 0.2) is 42.5 Å². The van der Waals surface area contributed by atoms with Crippen molar-refractivity contribution in [2.75, 3.05) is 20.3 Å². The zero-order valence-electron chi connectivity index (χ0n) is 13.7. The third kappa shape index (κ3) is 3.86. The van der Waals surface area contributed by atoms with Crippen molar-refractivity contribution in [1.29, 1.82) is 0 Å². The van der Waals surface area contributed by atoms with Crippen molar-refractivity contribution in [1.82, 2.24) is 5.32 Å². The van der Waals surface area contributed by atoms with Crippen molar-refractivity contribution in [3.63, 3.8) is 0 Å². The number of amides is 1. The van der Waals surface area contributed by atoms with Crippen LogP contribution in [0, 0.1) is 0 Å². The lowest BCUT2D eigenvalue weighted by Crippen LogP contribution is -2.24. The first kappa shape index (κ1) is 16.3. The Kier molecular flexibility index (Phi) is 5.33. The van der Waals surface area contributed by atoms with Crippen LogP contribution in [0.2, 0.25) is 0 Å². The summed E-state index contributed by atoms with van der Waals surface area (Å²) in [6, 6.07) is 13.2. The number of nitrogens with one attached hydrogen (secondary N) is 1. The van der Waals surface area contributed by atoms with Gasteiger partial charge in [0.25, 0.3) is 5.91 Å². The first-order valence-corrected chi connectivity index (χ1v) is 8.01. The van der Waals surface area contributed by atoms with Gasteiger partial charge in [-0.1, -0.05) is 24.3 Å². The highest BCUT2D eigenvalue weighted by atomic mass is 16.5. The van der Waals surface area contributed by atoms with E-state index >= 15 is 0 Å². The van der Waals surface area contributed by atoms with Crippen LogP contribution in [-0.4, -0.2) is 26.2 Å². The van der Waals surface area contributed by atoms with Gasteiger partial charge in [-0.2, -0.15) is 0 Å². The van der Waals surface area contributed by atoms with Crippen LogP contribution in [0.1, 0.15) is 27.9 Å². The number of ether oxygens (including phenoxy) is 3. The molecule has 1 amide bonds. The molecule has 0 saturated carbocycles. The summed E-state index contributed by atoms with van der Waals surface area (Å²) >= 11 is 0. The van der Waals surface area contributed by atoms with Gasteiger partial charge in [-0.25, -0.2) is 0 Å². The van der Waals surface area contributed by atoms with E-state index in [-0.39, 0.29) is 5.91 Å². The molecule has 1 N–H and O–H groups in total. The van der Waals surface area contributed by atoms with Gasteiger partial charge in [0.05, 0.1) is 19.8 Å². The third-order valence-electron chi connectivity index (χ3n) is 3.83. The van der Waals surface area contributed by atoms with E-state index in [0.717, 1.165) is 29.0 Å². The predicted molar refractivity (Wildman–Crippen MR) is 90.4 cm³/mol. The van der Waals surface area contributed by atoms with Crippen LogP contribution in [0.3, 0.4) is 0 Å². The lowest BCUT2D eigenvalue weighted by Gasteiger charge is -2.12. The molecule has 0 spiro atoms.